The highest BCUT2D eigenvalue weighted by Crippen LogP contribution is 2.07. The van der Waals surface area contributed by atoms with Crippen molar-refractivity contribution in [3.8, 4) is 0 Å². The molecule has 0 aliphatic carbocycles. The normalized spacial score (nSPS) is 13.9. The van der Waals surface area contributed by atoms with E-state index in [9.17, 15) is 0 Å². The van der Waals surface area contributed by atoms with Crippen LogP contribution in [0.1, 0.15) is 33.1 Å². The maximum absolute atomic E-state index is 5.36. The first kappa shape index (κ1) is 7.96. The van der Waals surface area contributed by atoms with Gasteiger partial charge in [-0.1, -0.05) is 26.7 Å². The highest BCUT2D eigenvalue weighted by atomic mass is 14.5. The maximum atomic E-state index is 5.36. The zero-order valence-corrected chi connectivity index (χ0v) is 5.98. The van der Waals surface area contributed by atoms with E-state index in [4.69, 9.17) is 5.73 Å². The second-order valence-corrected chi connectivity index (χ2v) is 2.47. The summed E-state index contributed by atoms with van der Waals surface area (Å²) in [6.45, 7) is 5.32. The van der Waals surface area contributed by atoms with E-state index in [1.165, 1.54) is 19.3 Å². The van der Waals surface area contributed by atoms with E-state index in [2.05, 4.69) is 13.8 Å². The molecule has 1 atom stereocenters. The SMILES string of the molecule is CCCC(C)CCN. The molecule has 0 spiro atoms. The van der Waals surface area contributed by atoms with Crippen molar-refractivity contribution in [2.45, 2.75) is 33.1 Å². The zero-order chi connectivity index (χ0) is 6.41. The van der Waals surface area contributed by atoms with Gasteiger partial charge >= 0.3 is 0 Å². The third kappa shape index (κ3) is 4.13. The molecule has 0 saturated heterocycles. The lowest BCUT2D eigenvalue weighted by Crippen LogP contribution is -2.04. The molecule has 1 unspecified atom stereocenters. The third-order valence-electron chi connectivity index (χ3n) is 1.44. The van der Waals surface area contributed by atoms with Crippen LogP contribution in [0, 0.1) is 5.92 Å². The molecular weight excluding hydrogens is 98.1 g/mol. The van der Waals surface area contributed by atoms with Gasteiger partial charge in [-0.25, -0.2) is 0 Å². The molecule has 8 heavy (non-hydrogen) atoms. The Morgan fingerprint density at radius 3 is 2.38 bits per heavy atom. The summed E-state index contributed by atoms with van der Waals surface area (Å²) in [4.78, 5) is 0. The van der Waals surface area contributed by atoms with Crippen molar-refractivity contribution >= 4 is 0 Å². The Labute approximate surface area is 52.3 Å². The van der Waals surface area contributed by atoms with E-state index in [0.29, 0.717) is 0 Å². The molecule has 0 fully saturated rings. The number of rotatable bonds is 4. The third-order valence-corrected chi connectivity index (χ3v) is 1.44. The van der Waals surface area contributed by atoms with E-state index in [-0.39, 0.29) is 0 Å². The summed E-state index contributed by atoms with van der Waals surface area (Å²) in [5, 5.41) is 0. The van der Waals surface area contributed by atoms with Gasteiger partial charge in [0.2, 0.25) is 0 Å². The summed E-state index contributed by atoms with van der Waals surface area (Å²) in [7, 11) is 0. The first-order valence-electron chi connectivity index (χ1n) is 3.51. The Morgan fingerprint density at radius 2 is 2.00 bits per heavy atom. The van der Waals surface area contributed by atoms with Crippen molar-refractivity contribution in [1.29, 1.82) is 0 Å². The summed E-state index contributed by atoms with van der Waals surface area (Å²) in [6.07, 6.45) is 3.81. The molecule has 0 aromatic heterocycles. The van der Waals surface area contributed by atoms with Crippen LogP contribution in [0.3, 0.4) is 0 Å². The summed E-state index contributed by atoms with van der Waals surface area (Å²) in [5.74, 6) is 0.838. The Hall–Kier alpha value is -0.0400. The van der Waals surface area contributed by atoms with Gasteiger partial charge < -0.3 is 5.73 Å². The van der Waals surface area contributed by atoms with Gasteiger partial charge in [0.25, 0.3) is 0 Å². The molecule has 1 nitrogen and oxygen atoms in total. The van der Waals surface area contributed by atoms with Gasteiger partial charge in [-0.15, -0.1) is 0 Å². The Balaban J connectivity index is 2.92. The molecule has 50 valence electrons. The monoisotopic (exact) mass is 115 g/mol. The van der Waals surface area contributed by atoms with Crippen molar-refractivity contribution in [3.63, 3.8) is 0 Å². The van der Waals surface area contributed by atoms with Gasteiger partial charge in [0.15, 0.2) is 0 Å². The standard InChI is InChI=1S/C7H17N/c1-3-4-7(2)5-6-8/h7H,3-6,8H2,1-2H3. The molecule has 0 aliphatic heterocycles. The van der Waals surface area contributed by atoms with Crippen LogP contribution in [0.15, 0.2) is 0 Å². The van der Waals surface area contributed by atoms with Crippen LogP contribution in [0.25, 0.3) is 0 Å². The first-order valence-corrected chi connectivity index (χ1v) is 3.51. The van der Waals surface area contributed by atoms with E-state index < -0.39 is 0 Å². The van der Waals surface area contributed by atoms with E-state index in [1.54, 1.807) is 0 Å². The lowest BCUT2D eigenvalue weighted by Gasteiger charge is -2.05. The minimum Gasteiger partial charge on any atom is -0.330 e. The molecule has 0 heterocycles. The van der Waals surface area contributed by atoms with Gasteiger partial charge in [-0.2, -0.15) is 0 Å². The fourth-order valence-electron chi connectivity index (χ4n) is 0.922. The van der Waals surface area contributed by atoms with Crippen molar-refractivity contribution in [3.05, 3.63) is 0 Å². The van der Waals surface area contributed by atoms with E-state index in [1.807, 2.05) is 0 Å². The predicted molar refractivity (Wildman–Crippen MR) is 37.7 cm³/mol. The van der Waals surface area contributed by atoms with Gasteiger partial charge in [0, 0.05) is 0 Å². The van der Waals surface area contributed by atoms with Gasteiger partial charge in [-0.05, 0) is 18.9 Å². The number of nitrogens with two attached hydrogens (primary N) is 1. The Bertz CT molecular complexity index is 37.7. The average Bonchev–Trinajstić information content (AvgIpc) is 1.68. The van der Waals surface area contributed by atoms with Crippen molar-refractivity contribution in [1.82, 2.24) is 0 Å². The van der Waals surface area contributed by atoms with Crippen LogP contribution in [-0.4, -0.2) is 6.54 Å². The quantitative estimate of drug-likeness (QED) is 0.593. The lowest BCUT2D eigenvalue weighted by atomic mass is 10.0. The van der Waals surface area contributed by atoms with Crippen molar-refractivity contribution in [2.24, 2.45) is 11.7 Å². The highest BCUT2D eigenvalue weighted by Gasteiger charge is 1.95. The van der Waals surface area contributed by atoms with Crippen molar-refractivity contribution < 1.29 is 0 Å². The topological polar surface area (TPSA) is 26.0 Å². The molecular formula is C7H17N. The second kappa shape index (κ2) is 5.10. The number of hydrogen-bond donors (Lipinski definition) is 1. The Kier molecular flexibility index (Phi) is 5.08. The highest BCUT2D eigenvalue weighted by molar-refractivity contribution is 4.50. The smallest absolute Gasteiger partial charge is 0.00747 e. The van der Waals surface area contributed by atoms with E-state index in [0.717, 1.165) is 12.5 Å². The van der Waals surface area contributed by atoms with Gasteiger partial charge in [-0.3, -0.25) is 0 Å². The molecule has 0 amide bonds. The minimum absolute atomic E-state index is 0.838. The largest absolute Gasteiger partial charge is 0.330 e. The minimum atomic E-state index is 0.838. The van der Waals surface area contributed by atoms with Crippen LogP contribution in [0.5, 0.6) is 0 Å². The van der Waals surface area contributed by atoms with Crippen LogP contribution in [0.4, 0.5) is 0 Å². The summed E-state index contributed by atoms with van der Waals surface area (Å²) < 4.78 is 0. The van der Waals surface area contributed by atoms with Gasteiger partial charge in [0.1, 0.15) is 0 Å². The molecule has 0 bridgehead atoms. The first-order chi connectivity index (χ1) is 3.81. The predicted octanol–water partition coefficient (Wildman–Crippen LogP) is 1.77. The molecule has 0 rings (SSSR count). The van der Waals surface area contributed by atoms with Crippen LogP contribution in [-0.2, 0) is 0 Å². The zero-order valence-electron chi connectivity index (χ0n) is 5.98. The molecule has 0 aromatic carbocycles. The average molecular weight is 115 g/mol. The summed E-state index contributed by atoms with van der Waals surface area (Å²) in [5.41, 5.74) is 5.36. The fraction of sp³-hybridized carbons (Fsp3) is 1.00. The second-order valence-electron chi connectivity index (χ2n) is 2.47. The number of hydrogen-bond acceptors (Lipinski definition) is 1. The Morgan fingerprint density at radius 1 is 1.38 bits per heavy atom. The van der Waals surface area contributed by atoms with Crippen LogP contribution >= 0.6 is 0 Å². The molecule has 0 saturated carbocycles. The molecule has 0 aromatic rings. The lowest BCUT2D eigenvalue weighted by molar-refractivity contribution is 0.493. The fourth-order valence-corrected chi connectivity index (χ4v) is 0.922. The van der Waals surface area contributed by atoms with E-state index >= 15 is 0 Å². The van der Waals surface area contributed by atoms with Crippen molar-refractivity contribution in [2.75, 3.05) is 6.54 Å². The molecule has 0 aliphatic rings. The molecule has 0 radical (unpaired) electrons. The van der Waals surface area contributed by atoms with Crippen LogP contribution in [0.2, 0.25) is 0 Å². The summed E-state index contributed by atoms with van der Waals surface area (Å²) >= 11 is 0. The summed E-state index contributed by atoms with van der Waals surface area (Å²) in [6, 6.07) is 0. The molecule has 2 N–H and O–H groups in total. The van der Waals surface area contributed by atoms with Crippen LogP contribution < -0.4 is 5.73 Å². The van der Waals surface area contributed by atoms with Gasteiger partial charge in [0.05, 0.1) is 0 Å². The molecule has 1 heteroatoms. The maximum Gasteiger partial charge on any atom is -0.00747 e.